The highest BCUT2D eigenvalue weighted by molar-refractivity contribution is 9.10. The summed E-state index contributed by atoms with van der Waals surface area (Å²) >= 11 is 3.47. The van der Waals surface area contributed by atoms with Crippen molar-refractivity contribution in [2.75, 3.05) is 20.1 Å². The topological polar surface area (TPSA) is 118 Å². The molecule has 1 aromatic rings. The maximum absolute atomic E-state index is 14.3. The molecule has 1 aromatic carbocycles. The number of piperidine rings is 1. The van der Waals surface area contributed by atoms with Gasteiger partial charge in [-0.2, -0.15) is 0 Å². The van der Waals surface area contributed by atoms with Crippen LogP contribution in [0.1, 0.15) is 43.9 Å². The fraction of sp³-hybridized carbons (Fsp3) is 0.524. The molecule has 2 atom stereocenters. The zero-order valence-electron chi connectivity index (χ0n) is 17.1. The highest BCUT2D eigenvalue weighted by atomic mass is 79.9. The smallest absolute Gasteiger partial charge is 0.328 e. The fourth-order valence-corrected chi connectivity index (χ4v) is 5.06. The lowest BCUT2D eigenvalue weighted by Crippen LogP contribution is -2.50. The number of fused-ring (bicyclic) bond motifs is 1. The summed E-state index contributed by atoms with van der Waals surface area (Å²) in [6, 6.07) is 2.98. The van der Waals surface area contributed by atoms with E-state index in [2.05, 4.69) is 27.9 Å². The monoisotopic (exact) mass is 487 g/mol. The van der Waals surface area contributed by atoms with Crippen molar-refractivity contribution in [3.63, 3.8) is 0 Å². The van der Waals surface area contributed by atoms with Crippen molar-refractivity contribution >= 4 is 27.9 Å². The van der Waals surface area contributed by atoms with Crippen LogP contribution in [-0.2, 0) is 15.2 Å². The van der Waals surface area contributed by atoms with Crippen LogP contribution in [0.2, 0.25) is 0 Å². The van der Waals surface area contributed by atoms with E-state index in [1.165, 1.54) is 6.07 Å². The number of rotatable bonds is 3. The van der Waals surface area contributed by atoms with Crippen molar-refractivity contribution < 1.29 is 34.4 Å². The highest BCUT2D eigenvalue weighted by Crippen LogP contribution is 2.62. The van der Waals surface area contributed by atoms with E-state index in [-0.39, 0.29) is 11.5 Å². The molecule has 9 heteroatoms. The summed E-state index contributed by atoms with van der Waals surface area (Å²) in [6.45, 7) is 5.48. The van der Waals surface area contributed by atoms with Crippen molar-refractivity contribution in [1.29, 1.82) is 0 Å². The summed E-state index contributed by atoms with van der Waals surface area (Å²) in [6.07, 6.45) is 1.78. The van der Waals surface area contributed by atoms with E-state index in [0.29, 0.717) is 22.2 Å². The van der Waals surface area contributed by atoms with Crippen molar-refractivity contribution in [1.82, 2.24) is 4.90 Å². The lowest BCUT2D eigenvalue weighted by Gasteiger charge is -2.47. The van der Waals surface area contributed by atoms with Crippen LogP contribution in [-0.4, -0.2) is 57.4 Å². The van der Waals surface area contributed by atoms with Crippen molar-refractivity contribution in [2.24, 2.45) is 11.3 Å². The zero-order valence-corrected chi connectivity index (χ0v) is 18.7. The second kappa shape index (κ2) is 9.13. The summed E-state index contributed by atoms with van der Waals surface area (Å²) in [5.41, 5.74) is -1.27. The average molecular weight is 488 g/mol. The minimum absolute atomic E-state index is 0.00713. The Morgan fingerprint density at radius 2 is 1.67 bits per heavy atom. The van der Waals surface area contributed by atoms with E-state index in [4.69, 9.17) is 10.2 Å². The number of carboxylic acids is 2. The van der Waals surface area contributed by atoms with Gasteiger partial charge in [-0.1, -0.05) is 29.8 Å². The molecule has 7 nitrogen and oxygen atoms in total. The van der Waals surface area contributed by atoms with Crippen LogP contribution in [0.4, 0.5) is 4.39 Å². The van der Waals surface area contributed by atoms with Crippen molar-refractivity contribution in [3.05, 3.63) is 45.7 Å². The van der Waals surface area contributed by atoms with E-state index in [1.807, 2.05) is 13.8 Å². The first kappa shape index (κ1) is 24.5. The van der Waals surface area contributed by atoms with E-state index in [9.17, 15) is 24.2 Å². The minimum atomic E-state index is -1.26. The lowest BCUT2D eigenvalue weighted by molar-refractivity contribution is -0.158. The maximum atomic E-state index is 14.3. The van der Waals surface area contributed by atoms with Gasteiger partial charge in [-0.3, -0.25) is 0 Å². The SMILES string of the molecule is CN1CCC(C2(O)c3c(Br)ccc(F)c3C(O)C2(C)C)CC1.O=C(O)C=CC(=O)O. The molecule has 0 radical (unpaired) electrons. The molecule has 1 saturated heterocycles. The first-order valence-electron chi connectivity index (χ1n) is 9.55. The number of aliphatic hydroxyl groups is 2. The number of hydrogen-bond acceptors (Lipinski definition) is 5. The number of nitrogens with zero attached hydrogens (tertiary/aromatic N) is 1. The average Bonchev–Trinajstić information content (AvgIpc) is 2.83. The third-order valence-corrected chi connectivity index (χ3v) is 6.80. The summed E-state index contributed by atoms with van der Waals surface area (Å²) in [5, 5.41) is 38.0. The Kier molecular flexibility index (Phi) is 7.45. The summed E-state index contributed by atoms with van der Waals surface area (Å²) < 4.78 is 15.0. The predicted molar refractivity (Wildman–Crippen MR) is 111 cm³/mol. The van der Waals surface area contributed by atoms with Gasteiger partial charge in [0.2, 0.25) is 0 Å². The van der Waals surface area contributed by atoms with Gasteiger partial charge in [-0.15, -0.1) is 0 Å². The van der Waals surface area contributed by atoms with Gasteiger partial charge in [0.05, 0.1) is 6.10 Å². The molecule has 166 valence electrons. The van der Waals surface area contributed by atoms with Gasteiger partial charge in [-0.25, -0.2) is 14.0 Å². The number of benzene rings is 1. The molecule has 0 spiro atoms. The molecule has 1 heterocycles. The van der Waals surface area contributed by atoms with Gasteiger partial charge in [0, 0.05) is 33.2 Å². The van der Waals surface area contributed by atoms with E-state index in [0.717, 1.165) is 25.9 Å². The molecule has 30 heavy (non-hydrogen) atoms. The third kappa shape index (κ3) is 4.44. The van der Waals surface area contributed by atoms with Gasteiger partial charge in [0.1, 0.15) is 11.4 Å². The molecule has 2 aliphatic rings. The number of hydrogen-bond donors (Lipinski definition) is 4. The van der Waals surface area contributed by atoms with Gasteiger partial charge in [-0.05, 0) is 51.0 Å². The number of aliphatic carboxylic acids is 2. The van der Waals surface area contributed by atoms with Crippen LogP contribution in [0, 0.1) is 17.2 Å². The second-order valence-electron chi connectivity index (χ2n) is 8.30. The molecule has 0 aromatic heterocycles. The van der Waals surface area contributed by atoms with E-state index >= 15 is 0 Å². The molecule has 1 aliphatic carbocycles. The Morgan fingerprint density at radius 3 is 2.13 bits per heavy atom. The molecule has 2 unspecified atom stereocenters. The molecule has 4 N–H and O–H groups in total. The van der Waals surface area contributed by atoms with Gasteiger partial charge in [0.25, 0.3) is 0 Å². The Labute approximate surface area is 183 Å². The highest BCUT2D eigenvalue weighted by Gasteiger charge is 2.61. The third-order valence-electron chi connectivity index (χ3n) is 6.14. The largest absolute Gasteiger partial charge is 0.478 e. The minimum Gasteiger partial charge on any atom is -0.478 e. The van der Waals surface area contributed by atoms with Gasteiger partial charge >= 0.3 is 11.9 Å². The standard InChI is InChI=1S/C17H23BrFNO2.C4H4O4/c1-16(2)15(21)13-12(19)5-4-11(18)14(13)17(16,22)10-6-8-20(3)9-7-10;5-3(6)1-2-4(7)8/h4-5,10,15,21-22H,6-9H2,1-3H3;1-2H,(H,5,6)(H,7,8). The van der Waals surface area contributed by atoms with Crippen molar-refractivity contribution in [3.8, 4) is 0 Å². The van der Waals surface area contributed by atoms with Crippen LogP contribution in [0.3, 0.4) is 0 Å². The first-order chi connectivity index (χ1) is 13.8. The van der Waals surface area contributed by atoms with Gasteiger partial charge in [0.15, 0.2) is 0 Å². The molecule has 0 bridgehead atoms. The molecular formula is C21H27BrFNO6. The van der Waals surface area contributed by atoms with Crippen LogP contribution in [0.15, 0.2) is 28.8 Å². The summed E-state index contributed by atoms with van der Waals surface area (Å²) in [4.78, 5) is 21.3. The first-order valence-corrected chi connectivity index (χ1v) is 10.3. The Hall–Kier alpha value is -1.81. The number of halogens is 2. The number of likely N-dealkylation sites (tertiary alicyclic amines) is 1. The lowest BCUT2D eigenvalue weighted by atomic mass is 9.65. The van der Waals surface area contributed by atoms with Crippen LogP contribution in [0.25, 0.3) is 0 Å². The quantitative estimate of drug-likeness (QED) is 0.484. The normalized spacial score (nSPS) is 26.2. The Bertz CT molecular complexity index is 834. The molecule has 0 saturated carbocycles. The molecule has 1 fully saturated rings. The Balaban J connectivity index is 0.000000343. The van der Waals surface area contributed by atoms with Crippen LogP contribution >= 0.6 is 15.9 Å². The molecule has 1 aliphatic heterocycles. The fourth-order valence-electron chi connectivity index (χ4n) is 4.41. The van der Waals surface area contributed by atoms with Crippen LogP contribution < -0.4 is 0 Å². The zero-order chi connectivity index (χ0) is 22.9. The molecule has 3 rings (SSSR count). The number of aliphatic hydroxyl groups excluding tert-OH is 1. The molecular weight excluding hydrogens is 461 g/mol. The number of carbonyl (C=O) groups is 2. The van der Waals surface area contributed by atoms with E-state index < -0.39 is 34.9 Å². The maximum Gasteiger partial charge on any atom is 0.328 e. The molecule has 0 amide bonds. The summed E-state index contributed by atoms with van der Waals surface area (Å²) in [7, 11) is 2.07. The number of carboxylic acid groups (broad SMARTS) is 2. The Morgan fingerprint density at radius 1 is 1.17 bits per heavy atom. The predicted octanol–water partition coefficient (Wildman–Crippen LogP) is 2.90. The van der Waals surface area contributed by atoms with Gasteiger partial charge < -0.3 is 25.3 Å². The second-order valence-corrected chi connectivity index (χ2v) is 9.15. The van der Waals surface area contributed by atoms with Crippen molar-refractivity contribution in [2.45, 2.75) is 38.4 Å². The summed E-state index contributed by atoms with van der Waals surface area (Å²) in [5.74, 6) is -2.95. The van der Waals surface area contributed by atoms with Crippen LogP contribution in [0.5, 0.6) is 0 Å². The van der Waals surface area contributed by atoms with E-state index in [1.54, 1.807) is 6.07 Å².